The van der Waals surface area contributed by atoms with Gasteiger partial charge in [-0.3, -0.25) is 9.59 Å². The summed E-state index contributed by atoms with van der Waals surface area (Å²) in [6.45, 7) is 2.71. The molecule has 0 aliphatic carbocycles. The molecule has 0 saturated carbocycles. The van der Waals surface area contributed by atoms with Gasteiger partial charge in [-0.2, -0.15) is 4.80 Å². The fourth-order valence-electron chi connectivity index (χ4n) is 4.41. The highest BCUT2D eigenvalue weighted by Crippen LogP contribution is 2.26. The predicted molar refractivity (Wildman–Crippen MR) is 137 cm³/mol. The molecule has 1 fully saturated rings. The topological polar surface area (TPSA) is 138 Å². The molecule has 1 saturated heterocycles. The van der Waals surface area contributed by atoms with Crippen LogP contribution in [-0.4, -0.2) is 63.3 Å². The van der Waals surface area contributed by atoms with Crippen LogP contribution in [0.3, 0.4) is 0 Å². The molecule has 1 N–H and O–H groups in total. The smallest absolute Gasteiger partial charge is 0.250 e. The van der Waals surface area contributed by atoms with E-state index in [4.69, 9.17) is 18.3 Å². The minimum atomic E-state index is -1.04. The summed E-state index contributed by atoms with van der Waals surface area (Å²) in [5.74, 6) is 1.65. The summed E-state index contributed by atoms with van der Waals surface area (Å²) in [7, 11) is 1.58. The molecule has 0 bridgehead atoms. The van der Waals surface area contributed by atoms with E-state index in [1.54, 1.807) is 43.5 Å². The summed E-state index contributed by atoms with van der Waals surface area (Å²) in [5, 5.41) is 15.3. The third-order valence-corrected chi connectivity index (χ3v) is 6.42. The van der Waals surface area contributed by atoms with E-state index in [2.05, 4.69) is 20.7 Å². The molecule has 3 aromatic heterocycles. The zero-order chi connectivity index (χ0) is 27.2. The number of amides is 2. The van der Waals surface area contributed by atoms with E-state index in [1.807, 2.05) is 19.1 Å². The Bertz CT molecular complexity index is 1370. The average Bonchev–Trinajstić information content (AvgIpc) is 3.76. The summed E-state index contributed by atoms with van der Waals surface area (Å²) in [6, 6.07) is 13.1. The van der Waals surface area contributed by atoms with Gasteiger partial charge in [-0.1, -0.05) is 12.1 Å². The molecule has 1 aliphatic rings. The van der Waals surface area contributed by atoms with Crippen molar-refractivity contribution in [2.75, 3.05) is 20.3 Å². The maximum Gasteiger partial charge on any atom is 0.250 e. The lowest BCUT2D eigenvalue weighted by Crippen LogP contribution is -2.46. The van der Waals surface area contributed by atoms with Gasteiger partial charge in [0.1, 0.15) is 23.8 Å². The number of aromatic nitrogens is 4. The Balaban J connectivity index is 1.41. The first-order valence-corrected chi connectivity index (χ1v) is 12.7. The monoisotopic (exact) mass is 534 g/mol. The first-order valence-electron chi connectivity index (χ1n) is 12.7. The SMILES string of the molecule is COc1ccc(CN(C(=O)Cn2nnc(-c3ccc(C)o3)n2)[C@@H](C(=O)NC[C@H]2CCCO2)c2ccco2)cc1. The van der Waals surface area contributed by atoms with Crippen LogP contribution in [0.15, 0.2) is 63.6 Å². The lowest BCUT2D eigenvalue weighted by Gasteiger charge is -2.30. The number of rotatable bonds is 11. The van der Waals surface area contributed by atoms with E-state index >= 15 is 0 Å². The van der Waals surface area contributed by atoms with E-state index in [-0.39, 0.29) is 30.9 Å². The van der Waals surface area contributed by atoms with Crippen molar-refractivity contribution in [3.05, 3.63) is 71.9 Å². The molecule has 1 aromatic carbocycles. The Morgan fingerprint density at radius 1 is 1.21 bits per heavy atom. The fourth-order valence-corrected chi connectivity index (χ4v) is 4.41. The van der Waals surface area contributed by atoms with Crippen molar-refractivity contribution < 1.29 is 27.9 Å². The van der Waals surface area contributed by atoms with Gasteiger partial charge in [-0.25, -0.2) is 0 Å². The third-order valence-electron chi connectivity index (χ3n) is 6.42. The third kappa shape index (κ3) is 6.34. The maximum absolute atomic E-state index is 13.8. The highest BCUT2D eigenvalue weighted by atomic mass is 16.5. The number of hydrogen-bond donors (Lipinski definition) is 1. The maximum atomic E-state index is 13.8. The normalized spacial score (nSPS) is 15.7. The molecule has 12 nitrogen and oxygen atoms in total. The zero-order valence-corrected chi connectivity index (χ0v) is 21.8. The van der Waals surface area contributed by atoms with E-state index in [1.165, 1.54) is 16.0 Å². The van der Waals surface area contributed by atoms with Crippen molar-refractivity contribution in [2.45, 2.75) is 45.0 Å². The first kappa shape index (κ1) is 26.2. The number of methoxy groups -OCH3 is 1. The van der Waals surface area contributed by atoms with Crippen LogP contribution in [0.2, 0.25) is 0 Å². The number of furan rings is 2. The molecule has 4 heterocycles. The molecule has 204 valence electrons. The number of aryl methyl sites for hydroxylation is 1. The predicted octanol–water partition coefficient (Wildman–Crippen LogP) is 2.91. The molecule has 1 aliphatic heterocycles. The number of benzene rings is 1. The van der Waals surface area contributed by atoms with Crippen LogP contribution >= 0.6 is 0 Å². The average molecular weight is 535 g/mol. The number of nitrogens with one attached hydrogen (secondary N) is 1. The van der Waals surface area contributed by atoms with Gasteiger partial charge < -0.3 is 28.5 Å². The number of carbonyl (C=O) groups excluding carboxylic acids is 2. The molecule has 0 unspecified atom stereocenters. The van der Waals surface area contributed by atoms with Crippen molar-refractivity contribution in [1.29, 1.82) is 0 Å². The number of ether oxygens (including phenoxy) is 2. The Morgan fingerprint density at radius 2 is 2.05 bits per heavy atom. The van der Waals surface area contributed by atoms with Gasteiger partial charge in [-0.15, -0.1) is 10.2 Å². The van der Waals surface area contributed by atoms with Gasteiger partial charge in [0, 0.05) is 19.7 Å². The minimum absolute atomic E-state index is 0.0556. The molecule has 2 atom stereocenters. The fraction of sp³-hybridized carbons (Fsp3) is 0.370. The molecule has 2 amide bonds. The second-order valence-corrected chi connectivity index (χ2v) is 9.22. The number of carbonyl (C=O) groups is 2. The lowest BCUT2D eigenvalue weighted by atomic mass is 10.1. The number of tetrazole rings is 1. The largest absolute Gasteiger partial charge is 0.497 e. The Kier molecular flexibility index (Phi) is 8.02. The Labute approximate surface area is 224 Å². The van der Waals surface area contributed by atoms with Gasteiger partial charge in [0.25, 0.3) is 5.91 Å². The Morgan fingerprint density at radius 3 is 2.72 bits per heavy atom. The second-order valence-electron chi connectivity index (χ2n) is 9.22. The van der Waals surface area contributed by atoms with Crippen molar-refractivity contribution >= 4 is 11.8 Å². The van der Waals surface area contributed by atoms with Crippen molar-refractivity contribution in [1.82, 2.24) is 30.4 Å². The van der Waals surface area contributed by atoms with Crippen LogP contribution in [0.5, 0.6) is 5.75 Å². The lowest BCUT2D eigenvalue weighted by molar-refractivity contribution is -0.143. The summed E-state index contributed by atoms with van der Waals surface area (Å²) in [4.78, 5) is 30.0. The van der Waals surface area contributed by atoms with Crippen LogP contribution in [0.4, 0.5) is 0 Å². The van der Waals surface area contributed by atoms with E-state index in [9.17, 15) is 9.59 Å². The van der Waals surface area contributed by atoms with Gasteiger partial charge in [0.05, 0.1) is 19.5 Å². The quantitative estimate of drug-likeness (QED) is 0.308. The summed E-state index contributed by atoms with van der Waals surface area (Å²) in [5.41, 5.74) is 0.797. The van der Waals surface area contributed by atoms with Crippen LogP contribution in [-0.2, 0) is 27.4 Å². The summed E-state index contributed by atoms with van der Waals surface area (Å²) in [6.07, 6.45) is 3.24. The number of hydrogen-bond acceptors (Lipinski definition) is 9. The van der Waals surface area contributed by atoms with E-state index in [0.29, 0.717) is 36.2 Å². The molecule has 39 heavy (non-hydrogen) atoms. The van der Waals surface area contributed by atoms with Crippen molar-refractivity contribution in [2.24, 2.45) is 0 Å². The van der Waals surface area contributed by atoms with Gasteiger partial charge in [-0.05, 0) is 66.9 Å². The highest BCUT2D eigenvalue weighted by molar-refractivity contribution is 5.88. The van der Waals surface area contributed by atoms with Crippen molar-refractivity contribution in [3.63, 3.8) is 0 Å². The number of nitrogens with zero attached hydrogens (tertiary/aromatic N) is 5. The van der Waals surface area contributed by atoms with Crippen LogP contribution in [0.1, 0.15) is 36.0 Å². The van der Waals surface area contributed by atoms with Crippen molar-refractivity contribution in [3.8, 4) is 17.3 Å². The van der Waals surface area contributed by atoms with Gasteiger partial charge >= 0.3 is 0 Å². The molecular formula is C27H30N6O6. The highest BCUT2D eigenvalue weighted by Gasteiger charge is 2.34. The molecule has 12 heteroatoms. The molecule has 5 rings (SSSR count). The second kappa shape index (κ2) is 11.9. The van der Waals surface area contributed by atoms with Gasteiger partial charge in [0.2, 0.25) is 11.7 Å². The van der Waals surface area contributed by atoms with Gasteiger partial charge in [0.15, 0.2) is 11.8 Å². The molecule has 0 radical (unpaired) electrons. The Hall–Kier alpha value is -4.45. The molecule has 0 spiro atoms. The van der Waals surface area contributed by atoms with E-state index < -0.39 is 11.9 Å². The minimum Gasteiger partial charge on any atom is -0.497 e. The van der Waals surface area contributed by atoms with Crippen LogP contribution in [0.25, 0.3) is 11.6 Å². The van der Waals surface area contributed by atoms with Crippen LogP contribution < -0.4 is 10.1 Å². The summed E-state index contributed by atoms with van der Waals surface area (Å²) >= 11 is 0. The van der Waals surface area contributed by atoms with Crippen LogP contribution in [0, 0.1) is 6.92 Å². The molecule has 4 aromatic rings. The summed E-state index contributed by atoms with van der Waals surface area (Å²) < 4.78 is 22.1. The zero-order valence-electron chi connectivity index (χ0n) is 21.8. The molecular weight excluding hydrogens is 504 g/mol. The first-order chi connectivity index (χ1) is 19.0. The van der Waals surface area contributed by atoms with E-state index in [0.717, 1.165) is 18.4 Å². The standard InChI is InChI=1S/C27H30N6O6/c1-18-7-12-23(39-18)26-29-31-33(30-26)17-24(34)32(16-19-8-10-20(36-2)11-9-19)25(22-6-4-14-38-22)27(35)28-15-21-5-3-13-37-21/h4,6-12,14,21,25H,3,5,13,15-17H2,1-2H3,(H,28,35)/t21-,25-/m1/s1.